The minimum atomic E-state index is -0.859. The van der Waals surface area contributed by atoms with Crippen LogP contribution in [0.3, 0.4) is 0 Å². The van der Waals surface area contributed by atoms with Gasteiger partial charge in [0.05, 0.1) is 7.11 Å². The Hall–Kier alpha value is -2.38. The summed E-state index contributed by atoms with van der Waals surface area (Å²) >= 11 is 0. The van der Waals surface area contributed by atoms with Crippen molar-refractivity contribution < 1.29 is 23.9 Å². The highest BCUT2D eigenvalue weighted by Gasteiger charge is 2.53. The summed E-state index contributed by atoms with van der Waals surface area (Å²) in [7, 11) is 1.42. The number of carbonyl (C=O) groups excluding carboxylic acids is 4. The van der Waals surface area contributed by atoms with Gasteiger partial charge in [-0.05, 0) is 44.9 Å². The van der Waals surface area contributed by atoms with Crippen LogP contribution in [0.25, 0.3) is 0 Å². The lowest BCUT2D eigenvalue weighted by Crippen LogP contribution is -2.53. The SMILES string of the molecule is CCCCCCCCN1C(=O)[C@H](CC(=O)NCCCN2CCCC2=O)C[C@@]2(C(=O)OC)CCCCC=C12. The van der Waals surface area contributed by atoms with Gasteiger partial charge in [-0.25, -0.2) is 0 Å². The van der Waals surface area contributed by atoms with Crippen LogP contribution < -0.4 is 5.32 Å². The van der Waals surface area contributed by atoms with Crippen LogP contribution in [-0.2, 0) is 23.9 Å². The molecule has 1 N–H and O–H groups in total. The molecule has 0 radical (unpaired) electrons. The second kappa shape index (κ2) is 14.5. The van der Waals surface area contributed by atoms with Crippen LogP contribution in [0.2, 0.25) is 0 Å². The van der Waals surface area contributed by atoms with Crippen LogP contribution in [0.15, 0.2) is 11.8 Å². The lowest BCUT2D eigenvalue weighted by molar-refractivity contribution is -0.159. The maximum absolute atomic E-state index is 13.7. The predicted octanol–water partition coefficient (Wildman–Crippen LogP) is 4.33. The number of esters is 1. The first kappa shape index (κ1) is 29.2. The van der Waals surface area contributed by atoms with Crippen molar-refractivity contribution in [2.45, 2.75) is 103 Å². The first-order valence-electron chi connectivity index (χ1n) is 14.6. The second-order valence-corrected chi connectivity index (χ2v) is 11.0. The minimum absolute atomic E-state index is 0.0425. The molecule has 208 valence electrons. The van der Waals surface area contributed by atoms with Gasteiger partial charge in [0, 0.05) is 50.6 Å². The van der Waals surface area contributed by atoms with Gasteiger partial charge in [0.1, 0.15) is 5.41 Å². The quantitative estimate of drug-likeness (QED) is 0.273. The zero-order valence-electron chi connectivity index (χ0n) is 23.0. The number of carbonyl (C=O) groups is 4. The lowest BCUT2D eigenvalue weighted by atomic mass is 9.69. The van der Waals surface area contributed by atoms with Gasteiger partial charge < -0.3 is 19.9 Å². The first-order chi connectivity index (χ1) is 17.9. The van der Waals surface area contributed by atoms with E-state index < -0.39 is 11.3 Å². The zero-order chi connectivity index (χ0) is 26.7. The standard InChI is InChI=1S/C29H47N3O5/c1-3-4-5-6-7-11-20-32-24-14-9-8-10-16-29(24,28(36)37-2)22-23(27(32)35)21-25(33)30-17-13-19-31-18-12-15-26(31)34/h14,23H,3-13,15-22H2,1-2H3,(H,30,33)/t23-,29+/m1/s1. The molecule has 2 fully saturated rings. The molecule has 0 aromatic heterocycles. The topological polar surface area (TPSA) is 96.0 Å². The van der Waals surface area contributed by atoms with E-state index in [1.54, 1.807) is 0 Å². The summed E-state index contributed by atoms with van der Waals surface area (Å²) in [6.07, 6.45) is 14.8. The Morgan fingerprint density at radius 1 is 1.05 bits per heavy atom. The van der Waals surface area contributed by atoms with E-state index in [0.29, 0.717) is 45.3 Å². The molecule has 0 spiro atoms. The Labute approximate surface area is 222 Å². The number of hydrogen-bond acceptors (Lipinski definition) is 5. The number of hydrogen-bond donors (Lipinski definition) is 1. The Morgan fingerprint density at radius 2 is 1.84 bits per heavy atom. The van der Waals surface area contributed by atoms with E-state index in [2.05, 4.69) is 18.3 Å². The van der Waals surface area contributed by atoms with Gasteiger partial charge in [-0.1, -0.05) is 51.5 Å². The number of piperidine rings is 1. The Morgan fingerprint density at radius 3 is 2.57 bits per heavy atom. The average molecular weight is 518 g/mol. The number of amides is 3. The molecule has 3 rings (SSSR count). The van der Waals surface area contributed by atoms with Crippen LogP contribution in [-0.4, -0.2) is 66.8 Å². The minimum Gasteiger partial charge on any atom is -0.468 e. The molecular formula is C29H47N3O5. The Kier molecular flexibility index (Phi) is 11.5. The third kappa shape index (κ3) is 7.57. The third-order valence-corrected chi connectivity index (χ3v) is 8.23. The smallest absolute Gasteiger partial charge is 0.317 e. The van der Waals surface area contributed by atoms with Crippen molar-refractivity contribution in [2.24, 2.45) is 11.3 Å². The molecule has 37 heavy (non-hydrogen) atoms. The van der Waals surface area contributed by atoms with E-state index in [9.17, 15) is 19.2 Å². The fourth-order valence-corrected chi connectivity index (χ4v) is 6.22. The molecule has 8 nitrogen and oxygen atoms in total. The maximum Gasteiger partial charge on any atom is 0.317 e. The summed E-state index contributed by atoms with van der Waals surface area (Å²) in [5.74, 6) is -0.868. The highest BCUT2D eigenvalue weighted by atomic mass is 16.5. The van der Waals surface area contributed by atoms with E-state index in [4.69, 9.17) is 4.74 Å². The highest BCUT2D eigenvalue weighted by Crippen LogP contribution is 2.49. The van der Waals surface area contributed by atoms with Gasteiger partial charge in [0.25, 0.3) is 0 Å². The van der Waals surface area contributed by atoms with Crippen molar-refractivity contribution in [3.63, 3.8) is 0 Å². The van der Waals surface area contributed by atoms with Gasteiger partial charge in [-0.15, -0.1) is 0 Å². The average Bonchev–Trinajstić information content (AvgIpc) is 3.17. The van der Waals surface area contributed by atoms with E-state index in [-0.39, 0.29) is 30.1 Å². The van der Waals surface area contributed by atoms with E-state index >= 15 is 0 Å². The van der Waals surface area contributed by atoms with E-state index in [1.807, 2.05) is 9.80 Å². The molecule has 0 unspecified atom stereocenters. The summed E-state index contributed by atoms with van der Waals surface area (Å²) in [4.78, 5) is 55.2. The highest BCUT2D eigenvalue weighted by molar-refractivity contribution is 5.92. The van der Waals surface area contributed by atoms with Crippen molar-refractivity contribution in [2.75, 3.05) is 33.3 Å². The molecule has 2 atom stereocenters. The predicted molar refractivity (Wildman–Crippen MR) is 142 cm³/mol. The molecule has 0 bridgehead atoms. The van der Waals surface area contributed by atoms with Crippen LogP contribution in [0.4, 0.5) is 0 Å². The largest absolute Gasteiger partial charge is 0.468 e. The number of nitrogens with one attached hydrogen (secondary N) is 1. The summed E-state index contributed by atoms with van der Waals surface area (Å²) in [5.41, 5.74) is -0.0510. The molecule has 2 saturated heterocycles. The second-order valence-electron chi connectivity index (χ2n) is 11.0. The fourth-order valence-electron chi connectivity index (χ4n) is 6.22. The Bertz CT molecular complexity index is 841. The van der Waals surface area contributed by atoms with Crippen LogP contribution in [0.1, 0.15) is 103 Å². The summed E-state index contributed by atoms with van der Waals surface area (Å²) in [5, 5.41) is 2.94. The van der Waals surface area contributed by atoms with Crippen LogP contribution in [0, 0.1) is 11.3 Å². The van der Waals surface area contributed by atoms with E-state index in [0.717, 1.165) is 57.2 Å². The number of nitrogens with zero attached hydrogens (tertiary/aromatic N) is 2. The van der Waals surface area contributed by atoms with Gasteiger partial charge in [0.15, 0.2) is 0 Å². The molecule has 2 heterocycles. The summed E-state index contributed by atoms with van der Waals surface area (Å²) < 4.78 is 5.30. The molecule has 0 aromatic carbocycles. The van der Waals surface area contributed by atoms with Crippen molar-refractivity contribution in [1.29, 1.82) is 0 Å². The van der Waals surface area contributed by atoms with E-state index in [1.165, 1.54) is 26.4 Å². The molecule has 3 aliphatic rings. The molecule has 0 aromatic rings. The fraction of sp³-hybridized carbons (Fsp3) is 0.793. The molecule has 2 aliphatic heterocycles. The number of fused-ring (bicyclic) bond motifs is 1. The van der Waals surface area contributed by atoms with Gasteiger partial charge in [-0.3, -0.25) is 19.2 Å². The number of ether oxygens (including phenoxy) is 1. The van der Waals surface area contributed by atoms with Crippen molar-refractivity contribution in [3.05, 3.63) is 11.8 Å². The zero-order valence-corrected chi connectivity index (χ0v) is 23.0. The normalized spacial score (nSPS) is 23.9. The molecule has 3 amide bonds. The number of unbranched alkanes of at least 4 members (excludes halogenated alkanes) is 5. The number of allylic oxidation sites excluding steroid dienone is 1. The monoisotopic (exact) mass is 517 g/mol. The molecule has 0 saturated carbocycles. The Balaban J connectivity index is 1.65. The van der Waals surface area contributed by atoms with Gasteiger partial charge in [0.2, 0.25) is 17.7 Å². The number of likely N-dealkylation sites (tertiary alicyclic amines) is 2. The number of rotatable bonds is 14. The van der Waals surface area contributed by atoms with Gasteiger partial charge in [-0.2, -0.15) is 0 Å². The molecule has 8 heteroatoms. The number of methoxy groups -OCH3 is 1. The van der Waals surface area contributed by atoms with Crippen LogP contribution in [0.5, 0.6) is 0 Å². The lowest BCUT2D eigenvalue weighted by Gasteiger charge is -2.46. The van der Waals surface area contributed by atoms with Gasteiger partial charge >= 0.3 is 5.97 Å². The first-order valence-corrected chi connectivity index (χ1v) is 14.6. The third-order valence-electron chi connectivity index (χ3n) is 8.23. The van der Waals surface area contributed by atoms with Crippen molar-refractivity contribution >= 4 is 23.7 Å². The van der Waals surface area contributed by atoms with Crippen molar-refractivity contribution in [3.8, 4) is 0 Å². The summed E-state index contributed by atoms with van der Waals surface area (Å²) in [6, 6.07) is 0. The molecule has 1 aliphatic carbocycles. The summed E-state index contributed by atoms with van der Waals surface area (Å²) in [6.45, 7) is 4.69. The maximum atomic E-state index is 13.7. The molecular weight excluding hydrogens is 470 g/mol. The van der Waals surface area contributed by atoms with Crippen molar-refractivity contribution in [1.82, 2.24) is 15.1 Å². The van der Waals surface area contributed by atoms with Crippen LogP contribution >= 0.6 is 0 Å².